The van der Waals surface area contributed by atoms with Crippen molar-refractivity contribution in [3.05, 3.63) is 62.3 Å². The molecular formula is C15H10ClN3O4. The summed E-state index contributed by atoms with van der Waals surface area (Å²) in [6, 6.07) is 8.10. The van der Waals surface area contributed by atoms with E-state index < -0.39 is 16.6 Å². The van der Waals surface area contributed by atoms with Gasteiger partial charge in [0.2, 0.25) is 0 Å². The van der Waals surface area contributed by atoms with Gasteiger partial charge in [-0.3, -0.25) is 15.4 Å². The van der Waals surface area contributed by atoms with Crippen molar-refractivity contribution in [2.75, 3.05) is 5.32 Å². The van der Waals surface area contributed by atoms with Gasteiger partial charge in [-0.15, -0.1) is 0 Å². The fourth-order valence-corrected chi connectivity index (χ4v) is 3.40. The van der Waals surface area contributed by atoms with Crippen molar-refractivity contribution in [1.82, 2.24) is 4.98 Å². The molecule has 23 heavy (non-hydrogen) atoms. The Balaban J connectivity index is 1.82. The first-order valence-corrected chi connectivity index (χ1v) is 7.28. The minimum Gasteiger partial charge on any atom is -0.437 e. The second-order valence-electron chi connectivity index (χ2n) is 5.60. The Labute approximate surface area is 135 Å². The second-order valence-corrected chi connectivity index (χ2v) is 5.99. The van der Waals surface area contributed by atoms with Crippen molar-refractivity contribution in [2.24, 2.45) is 0 Å². The molecule has 2 aromatic rings. The summed E-state index contributed by atoms with van der Waals surface area (Å²) in [6.07, 6.45) is 0.215. The molecule has 1 aromatic carbocycles. The van der Waals surface area contributed by atoms with Gasteiger partial charge in [-0.25, -0.2) is 9.78 Å². The molecule has 1 aliphatic heterocycles. The van der Waals surface area contributed by atoms with Gasteiger partial charge in [0.15, 0.2) is 5.60 Å². The molecule has 1 atom stereocenters. The molecule has 7 nitrogen and oxygen atoms in total. The number of carbonyl (C=O) groups is 1. The molecule has 116 valence electrons. The van der Waals surface area contributed by atoms with Gasteiger partial charge < -0.3 is 4.74 Å². The van der Waals surface area contributed by atoms with Crippen LogP contribution >= 0.6 is 11.6 Å². The normalized spacial score (nSPS) is 21.3. The number of amides is 1. The van der Waals surface area contributed by atoms with Crippen LogP contribution in [-0.2, 0) is 23.2 Å². The standard InChI is InChI=1S/C15H10ClN3O4/c16-12-4-3-11-13(17-12)18-14(20)23-15(11)6-8-1-2-10(19(21)22)5-9(8)7-15/h1-5H,6-7H2,(H,17,18,20). The highest BCUT2D eigenvalue weighted by atomic mass is 35.5. The third-order valence-corrected chi connectivity index (χ3v) is 4.42. The summed E-state index contributed by atoms with van der Waals surface area (Å²) in [5.41, 5.74) is 1.57. The summed E-state index contributed by atoms with van der Waals surface area (Å²) in [5.74, 6) is 0.371. The number of nitrogens with zero attached hydrogens (tertiary/aromatic N) is 2. The number of nitro groups is 1. The summed E-state index contributed by atoms with van der Waals surface area (Å²) in [6.45, 7) is 0. The minimum absolute atomic E-state index is 0.0236. The highest BCUT2D eigenvalue weighted by molar-refractivity contribution is 6.29. The molecule has 0 saturated heterocycles. The number of fused-ring (bicyclic) bond motifs is 3. The zero-order chi connectivity index (χ0) is 16.2. The molecule has 8 heteroatoms. The van der Waals surface area contributed by atoms with E-state index in [1.165, 1.54) is 12.1 Å². The fraction of sp³-hybridized carbons (Fsp3) is 0.200. The summed E-state index contributed by atoms with van der Waals surface area (Å²) in [5, 5.41) is 13.8. The number of benzene rings is 1. The minimum atomic E-state index is -0.896. The largest absolute Gasteiger partial charge is 0.437 e. The van der Waals surface area contributed by atoms with E-state index in [4.69, 9.17) is 16.3 Å². The van der Waals surface area contributed by atoms with Crippen LogP contribution in [0.3, 0.4) is 0 Å². The third-order valence-electron chi connectivity index (χ3n) is 4.21. The summed E-state index contributed by atoms with van der Waals surface area (Å²) >= 11 is 5.89. The molecule has 1 unspecified atom stereocenters. The van der Waals surface area contributed by atoms with E-state index >= 15 is 0 Å². The monoisotopic (exact) mass is 331 g/mol. The molecule has 1 amide bonds. The lowest BCUT2D eigenvalue weighted by Crippen LogP contribution is -2.40. The predicted molar refractivity (Wildman–Crippen MR) is 81.5 cm³/mol. The number of carbonyl (C=O) groups excluding carboxylic acids is 1. The number of nitrogens with one attached hydrogen (secondary N) is 1. The van der Waals surface area contributed by atoms with Crippen molar-refractivity contribution >= 4 is 29.2 Å². The van der Waals surface area contributed by atoms with E-state index in [0.29, 0.717) is 18.7 Å². The molecule has 2 aliphatic rings. The van der Waals surface area contributed by atoms with E-state index in [0.717, 1.165) is 16.7 Å². The van der Waals surface area contributed by atoms with Gasteiger partial charge in [0.05, 0.1) is 4.92 Å². The van der Waals surface area contributed by atoms with Gasteiger partial charge in [-0.05, 0) is 23.3 Å². The highest BCUT2D eigenvalue weighted by Gasteiger charge is 2.47. The molecule has 1 spiro atoms. The van der Waals surface area contributed by atoms with Crippen LogP contribution in [0.2, 0.25) is 5.15 Å². The molecule has 4 rings (SSSR count). The van der Waals surface area contributed by atoms with E-state index in [1.807, 2.05) is 0 Å². The molecular weight excluding hydrogens is 322 g/mol. The van der Waals surface area contributed by atoms with Crippen LogP contribution in [0.1, 0.15) is 16.7 Å². The van der Waals surface area contributed by atoms with Crippen LogP contribution in [-0.4, -0.2) is 16.0 Å². The zero-order valence-electron chi connectivity index (χ0n) is 11.7. The van der Waals surface area contributed by atoms with Crippen LogP contribution in [0.4, 0.5) is 16.3 Å². The number of hydrogen-bond donors (Lipinski definition) is 1. The molecule has 0 fully saturated rings. The molecule has 1 N–H and O–H groups in total. The number of halogens is 1. The number of ether oxygens (including phenoxy) is 1. The highest BCUT2D eigenvalue weighted by Crippen LogP contribution is 2.46. The maximum Gasteiger partial charge on any atom is 0.413 e. The summed E-state index contributed by atoms with van der Waals surface area (Å²) in [7, 11) is 0. The SMILES string of the molecule is O=C1Nc2nc(Cl)ccc2C2(Cc3ccc([N+](=O)[O-])cc3C2)O1. The van der Waals surface area contributed by atoms with E-state index in [1.54, 1.807) is 18.2 Å². The average molecular weight is 332 g/mol. The van der Waals surface area contributed by atoms with Gasteiger partial charge in [-0.2, -0.15) is 0 Å². The number of anilines is 1. The van der Waals surface area contributed by atoms with Crippen LogP contribution in [0.15, 0.2) is 30.3 Å². The Bertz CT molecular complexity index is 870. The number of non-ortho nitro benzene ring substituents is 1. The number of hydrogen-bond acceptors (Lipinski definition) is 5. The van der Waals surface area contributed by atoms with Crippen LogP contribution in [0.25, 0.3) is 0 Å². The third kappa shape index (κ3) is 2.12. The van der Waals surface area contributed by atoms with Gasteiger partial charge in [0.1, 0.15) is 11.0 Å². The molecule has 0 bridgehead atoms. The Hall–Kier alpha value is -2.67. The van der Waals surface area contributed by atoms with Crippen molar-refractivity contribution in [3.8, 4) is 0 Å². The first kappa shape index (κ1) is 14.0. The number of aromatic nitrogens is 1. The Morgan fingerprint density at radius 1 is 1.26 bits per heavy atom. The topological polar surface area (TPSA) is 94.4 Å². The fourth-order valence-electron chi connectivity index (χ4n) is 3.26. The van der Waals surface area contributed by atoms with Crippen molar-refractivity contribution in [1.29, 1.82) is 0 Å². The zero-order valence-corrected chi connectivity index (χ0v) is 12.5. The Morgan fingerprint density at radius 3 is 2.83 bits per heavy atom. The smallest absolute Gasteiger partial charge is 0.413 e. The summed E-state index contributed by atoms with van der Waals surface area (Å²) < 4.78 is 5.58. The van der Waals surface area contributed by atoms with Crippen LogP contribution in [0, 0.1) is 10.1 Å². The van der Waals surface area contributed by atoms with Crippen molar-refractivity contribution in [2.45, 2.75) is 18.4 Å². The lowest BCUT2D eigenvalue weighted by molar-refractivity contribution is -0.384. The van der Waals surface area contributed by atoms with Crippen molar-refractivity contribution in [3.63, 3.8) is 0 Å². The number of nitro benzene ring substituents is 1. The van der Waals surface area contributed by atoms with Crippen LogP contribution < -0.4 is 5.32 Å². The lowest BCUT2D eigenvalue weighted by atomic mass is 9.90. The quantitative estimate of drug-likeness (QED) is 0.492. The van der Waals surface area contributed by atoms with Gasteiger partial charge >= 0.3 is 6.09 Å². The average Bonchev–Trinajstić information content (AvgIpc) is 2.83. The molecule has 0 saturated carbocycles. The molecule has 1 aliphatic carbocycles. The van der Waals surface area contributed by atoms with Gasteiger partial charge in [0, 0.05) is 30.5 Å². The summed E-state index contributed by atoms with van der Waals surface area (Å²) in [4.78, 5) is 26.5. The van der Waals surface area contributed by atoms with E-state index in [2.05, 4.69) is 10.3 Å². The molecule has 2 heterocycles. The Kier molecular flexibility index (Phi) is 2.83. The number of rotatable bonds is 1. The first-order chi connectivity index (χ1) is 11.0. The lowest BCUT2D eigenvalue weighted by Gasteiger charge is -2.34. The molecule has 1 aromatic heterocycles. The first-order valence-electron chi connectivity index (χ1n) is 6.90. The van der Waals surface area contributed by atoms with E-state index in [-0.39, 0.29) is 10.8 Å². The molecule has 0 radical (unpaired) electrons. The van der Waals surface area contributed by atoms with Crippen molar-refractivity contribution < 1.29 is 14.5 Å². The van der Waals surface area contributed by atoms with Crippen LogP contribution in [0.5, 0.6) is 0 Å². The second kappa shape index (κ2) is 4.66. The maximum absolute atomic E-state index is 11.9. The Morgan fingerprint density at radius 2 is 2.04 bits per heavy atom. The van der Waals surface area contributed by atoms with Gasteiger partial charge in [-0.1, -0.05) is 17.7 Å². The predicted octanol–water partition coefficient (Wildman–Crippen LogP) is 3.20. The van der Waals surface area contributed by atoms with Gasteiger partial charge in [0.25, 0.3) is 5.69 Å². The van der Waals surface area contributed by atoms with E-state index in [9.17, 15) is 14.9 Å². The maximum atomic E-state index is 11.9. The number of pyridine rings is 1.